The fourth-order valence-electron chi connectivity index (χ4n) is 2.68. The number of tetrazole rings is 1. The van der Waals surface area contributed by atoms with Gasteiger partial charge in [-0.05, 0) is 22.9 Å². The van der Waals surface area contributed by atoms with E-state index in [0.717, 1.165) is 12.1 Å². The van der Waals surface area contributed by atoms with Gasteiger partial charge in [-0.3, -0.25) is 0 Å². The molecule has 12 nitrogen and oxygen atoms in total. The smallest absolute Gasteiger partial charge is 0.240 e. The fourth-order valence-corrected chi connectivity index (χ4v) is 5.44. The number of H-pyrrole nitrogens is 1. The number of nitrogens with one attached hydrogen (secondary N) is 1. The molecular weight excluding hydrogens is 427 g/mol. The predicted molar refractivity (Wildman–Crippen MR) is 99.7 cm³/mol. The normalized spacial score (nSPS) is 12.2. The van der Waals surface area contributed by atoms with Crippen LogP contribution in [0.3, 0.4) is 0 Å². The summed E-state index contributed by atoms with van der Waals surface area (Å²) in [5, 5.41) is 18.3. The van der Waals surface area contributed by atoms with Gasteiger partial charge in [0, 0.05) is 18.3 Å². The molecule has 0 amide bonds. The van der Waals surface area contributed by atoms with Gasteiger partial charge in [-0.25, -0.2) is 31.3 Å². The Morgan fingerprint density at radius 3 is 2.45 bits per heavy atom. The Bertz CT molecular complexity index is 1280. The van der Waals surface area contributed by atoms with E-state index >= 15 is 0 Å². The number of nitrogens with two attached hydrogens (primary N) is 3. The van der Waals surface area contributed by atoms with Gasteiger partial charge in [-0.1, -0.05) is 6.07 Å². The van der Waals surface area contributed by atoms with E-state index < -0.39 is 41.2 Å². The molecule has 0 atom stereocenters. The molecule has 0 bridgehead atoms. The topological polar surface area (TPSA) is 214 Å². The van der Waals surface area contributed by atoms with E-state index in [2.05, 4.69) is 25.6 Å². The maximum Gasteiger partial charge on any atom is 0.240 e. The Balaban J connectivity index is 2.48. The van der Waals surface area contributed by atoms with Crippen LogP contribution in [0.25, 0.3) is 22.5 Å². The Labute approximate surface area is 164 Å². The molecule has 154 valence electrons. The molecule has 3 rings (SSSR count). The van der Waals surface area contributed by atoms with Crippen molar-refractivity contribution in [3.05, 3.63) is 30.2 Å². The highest BCUT2D eigenvalue weighted by Gasteiger charge is 2.31. The molecule has 7 N–H and O–H groups in total. The highest BCUT2D eigenvalue weighted by atomic mass is 32.2. The third kappa shape index (κ3) is 3.93. The second-order valence-corrected chi connectivity index (χ2v) is 9.37. The molecule has 0 unspecified atom stereocenters. The lowest BCUT2D eigenvalue weighted by Crippen LogP contribution is -2.22. The van der Waals surface area contributed by atoms with Gasteiger partial charge in [0.25, 0.3) is 0 Å². The lowest BCUT2D eigenvalue weighted by atomic mass is 10.0. The molecule has 2 heterocycles. The fraction of sp³-hybridized carbons (Fsp3) is 0.143. The number of primary sulfonamides is 1. The number of hydrogen-bond acceptors (Lipinski definition) is 10. The number of aromatic nitrogens is 5. The average Bonchev–Trinajstić information content (AvgIpc) is 3.16. The number of hydrogen-bond donors (Lipinski definition) is 4. The van der Waals surface area contributed by atoms with Crippen molar-refractivity contribution in [2.45, 2.75) is 9.79 Å². The number of anilines is 1. The third-order valence-corrected chi connectivity index (χ3v) is 6.78. The van der Waals surface area contributed by atoms with Crippen molar-refractivity contribution in [2.75, 3.05) is 18.0 Å². The minimum Gasteiger partial charge on any atom is -0.381 e. The van der Waals surface area contributed by atoms with Gasteiger partial charge in [0.15, 0.2) is 21.5 Å². The zero-order chi connectivity index (χ0) is 21.4. The summed E-state index contributed by atoms with van der Waals surface area (Å²) in [4.78, 5) is 2.35. The molecule has 0 saturated heterocycles. The molecule has 0 spiro atoms. The predicted octanol–water partition coefficient (Wildman–Crippen LogP) is -0.970. The van der Waals surface area contributed by atoms with Crippen molar-refractivity contribution in [3.8, 4) is 22.5 Å². The lowest BCUT2D eigenvalue weighted by Gasteiger charge is -2.16. The number of aromatic amines is 1. The summed E-state index contributed by atoms with van der Waals surface area (Å²) >= 11 is 0. The number of nitrogens with zero attached hydrogens (tertiary/aromatic N) is 4. The SMILES string of the molecule is NCCS(=O)(=O)c1ccc(-c2cnc(N)c(F)c2)c(-c2nn[nH]n2)c1S(N)(=O)=O. The van der Waals surface area contributed by atoms with Crippen LogP contribution in [0.4, 0.5) is 10.2 Å². The molecule has 0 saturated carbocycles. The van der Waals surface area contributed by atoms with Gasteiger partial charge < -0.3 is 11.5 Å². The molecule has 3 aromatic rings. The van der Waals surface area contributed by atoms with Crippen LogP contribution in [-0.2, 0) is 19.9 Å². The Morgan fingerprint density at radius 1 is 1.17 bits per heavy atom. The van der Waals surface area contributed by atoms with Crippen molar-refractivity contribution in [2.24, 2.45) is 10.9 Å². The maximum absolute atomic E-state index is 14.0. The Kier molecular flexibility index (Phi) is 5.31. The summed E-state index contributed by atoms with van der Waals surface area (Å²) in [5.74, 6) is -2.04. The summed E-state index contributed by atoms with van der Waals surface area (Å²) in [6.45, 7) is -0.251. The van der Waals surface area contributed by atoms with E-state index in [1.54, 1.807) is 0 Å². The summed E-state index contributed by atoms with van der Waals surface area (Å²) in [5.41, 5.74) is 10.6. The summed E-state index contributed by atoms with van der Waals surface area (Å²) < 4.78 is 64.0. The third-order valence-electron chi connectivity index (χ3n) is 3.88. The molecule has 15 heteroatoms. The van der Waals surface area contributed by atoms with Crippen molar-refractivity contribution >= 4 is 25.7 Å². The van der Waals surface area contributed by atoms with E-state index in [1.807, 2.05) is 0 Å². The van der Waals surface area contributed by atoms with Crippen LogP contribution >= 0.6 is 0 Å². The second-order valence-electron chi connectivity index (χ2n) is 5.79. The van der Waals surface area contributed by atoms with Crippen LogP contribution in [0.2, 0.25) is 0 Å². The summed E-state index contributed by atoms with van der Waals surface area (Å²) in [6.07, 6.45) is 1.18. The van der Waals surface area contributed by atoms with Gasteiger partial charge in [-0.2, -0.15) is 5.21 Å². The van der Waals surface area contributed by atoms with Gasteiger partial charge in [0.05, 0.1) is 16.2 Å². The van der Waals surface area contributed by atoms with Crippen molar-refractivity contribution in [1.82, 2.24) is 25.6 Å². The van der Waals surface area contributed by atoms with Crippen LogP contribution in [0.1, 0.15) is 0 Å². The monoisotopic (exact) mass is 442 g/mol. The molecule has 2 aromatic heterocycles. The van der Waals surface area contributed by atoms with Gasteiger partial charge >= 0.3 is 0 Å². The number of nitrogen functional groups attached to an aromatic ring is 1. The Morgan fingerprint density at radius 2 is 1.90 bits per heavy atom. The maximum atomic E-state index is 14.0. The first kappa shape index (κ1) is 20.7. The minimum atomic E-state index is -4.62. The molecule has 0 fully saturated rings. The number of halogens is 1. The van der Waals surface area contributed by atoms with Crippen LogP contribution in [-0.4, -0.2) is 54.7 Å². The quantitative estimate of drug-likeness (QED) is 0.366. The molecule has 0 aliphatic rings. The molecule has 29 heavy (non-hydrogen) atoms. The van der Waals surface area contributed by atoms with Crippen LogP contribution in [0.15, 0.2) is 34.2 Å². The number of sulfonamides is 1. The number of pyridine rings is 1. The molecule has 0 aliphatic heterocycles. The van der Waals surface area contributed by atoms with Gasteiger partial charge in [0.2, 0.25) is 15.8 Å². The zero-order valence-corrected chi connectivity index (χ0v) is 16.2. The first-order valence-electron chi connectivity index (χ1n) is 7.84. The van der Waals surface area contributed by atoms with E-state index in [-0.39, 0.29) is 34.9 Å². The van der Waals surface area contributed by atoms with Gasteiger partial charge in [-0.15, -0.1) is 10.2 Å². The molecular formula is C14H15FN8O4S2. The second kappa shape index (κ2) is 7.43. The first-order chi connectivity index (χ1) is 13.6. The highest BCUT2D eigenvalue weighted by Crippen LogP contribution is 2.39. The van der Waals surface area contributed by atoms with Crippen LogP contribution in [0, 0.1) is 5.82 Å². The number of benzene rings is 1. The minimum absolute atomic E-state index is 0.0496. The van der Waals surface area contributed by atoms with E-state index in [1.165, 1.54) is 12.3 Å². The molecule has 0 aliphatic carbocycles. The first-order valence-corrected chi connectivity index (χ1v) is 11.0. The molecule has 1 aromatic carbocycles. The lowest BCUT2D eigenvalue weighted by molar-refractivity contribution is 0.583. The highest BCUT2D eigenvalue weighted by molar-refractivity contribution is 7.93. The average molecular weight is 442 g/mol. The largest absolute Gasteiger partial charge is 0.381 e. The van der Waals surface area contributed by atoms with Crippen molar-refractivity contribution in [1.29, 1.82) is 0 Å². The standard InChI is InChI=1S/C14H15FN8O4S2/c15-9-5-7(6-19-13(9)17)8-1-2-10(28(24,25)4-3-16)12(29(18,26)27)11(8)14-20-22-23-21-14/h1-2,5-6H,3-4,16H2,(H2,17,19)(H2,18,26,27)(H,20,21,22,23). The summed E-state index contributed by atoms with van der Waals surface area (Å²) in [7, 11) is -8.75. The number of sulfone groups is 1. The number of rotatable bonds is 6. The van der Waals surface area contributed by atoms with Crippen LogP contribution in [0.5, 0.6) is 0 Å². The van der Waals surface area contributed by atoms with Crippen molar-refractivity contribution < 1.29 is 21.2 Å². The van der Waals surface area contributed by atoms with Crippen LogP contribution < -0.4 is 16.6 Å². The van der Waals surface area contributed by atoms with Crippen molar-refractivity contribution in [3.63, 3.8) is 0 Å². The molecule has 0 radical (unpaired) electrons. The summed E-state index contributed by atoms with van der Waals surface area (Å²) in [6, 6.07) is 3.30. The van der Waals surface area contributed by atoms with Gasteiger partial charge in [0.1, 0.15) is 4.90 Å². The zero-order valence-electron chi connectivity index (χ0n) is 14.6. The van der Waals surface area contributed by atoms with E-state index in [0.29, 0.717) is 0 Å². The Hall–Kier alpha value is -3.01. The van der Waals surface area contributed by atoms with E-state index in [9.17, 15) is 21.2 Å². The van der Waals surface area contributed by atoms with E-state index in [4.69, 9.17) is 16.6 Å².